The Morgan fingerprint density at radius 3 is 2.35 bits per heavy atom. The number of hydrogen-bond acceptors (Lipinski definition) is 11. The van der Waals surface area contributed by atoms with E-state index in [-0.39, 0.29) is 37.3 Å². The largest absolute Gasteiger partial charge is 0.461 e. The van der Waals surface area contributed by atoms with Gasteiger partial charge in [-0.1, -0.05) is 13.8 Å². The SMILES string of the molecule is CCC(C)(C[C@H]1O[C@@H](n2cc(COC(C)=O)c(NC(C)=O)nc2=O)[C@H](O)[C@@H]1O)OP(=O)(O)[C@@](C)(O)CC. The lowest BCUT2D eigenvalue weighted by Gasteiger charge is -2.37. The average Bonchev–Trinajstić information content (AvgIpc) is 3.05. The van der Waals surface area contributed by atoms with Crippen LogP contribution in [0, 0.1) is 0 Å². The van der Waals surface area contributed by atoms with Crippen LogP contribution in [0.3, 0.4) is 0 Å². The molecule has 1 aromatic rings. The van der Waals surface area contributed by atoms with Crippen LogP contribution >= 0.6 is 7.60 Å². The monoisotopic (exact) mass is 549 g/mol. The normalized spacial score (nSPS) is 26.5. The summed E-state index contributed by atoms with van der Waals surface area (Å²) in [5, 5.41) is 32.1. The van der Waals surface area contributed by atoms with E-state index in [1.807, 2.05) is 0 Å². The van der Waals surface area contributed by atoms with Crippen LogP contribution in [-0.2, 0) is 34.8 Å². The van der Waals surface area contributed by atoms with Crippen molar-refractivity contribution in [1.82, 2.24) is 9.55 Å². The fraction of sp³-hybridized carbons (Fsp3) is 0.727. The molecule has 5 N–H and O–H groups in total. The lowest BCUT2D eigenvalue weighted by Crippen LogP contribution is -2.40. The maximum atomic E-state index is 12.8. The Kier molecular flexibility index (Phi) is 9.80. The maximum Gasteiger partial charge on any atom is 0.359 e. The van der Waals surface area contributed by atoms with Gasteiger partial charge in [0.2, 0.25) is 5.91 Å². The molecule has 0 saturated carbocycles. The summed E-state index contributed by atoms with van der Waals surface area (Å²) in [6.45, 7) is 7.91. The summed E-state index contributed by atoms with van der Waals surface area (Å²) >= 11 is 0. The second-order valence-corrected chi connectivity index (χ2v) is 11.7. The summed E-state index contributed by atoms with van der Waals surface area (Å²) < 4.78 is 29.9. The molecule has 1 aromatic heterocycles. The van der Waals surface area contributed by atoms with Crippen molar-refractivity contribution in [3.63, 3.8) is 0 Å². The van der Waals surface area contributed by atoms with Gasteiger partial charge in [0.1, 0.15) is 24.6 Å². The van der Waals surface area contributed by atoms with Crippen molar-refractivity contribution in [2.24, 2.45) is 0 Å². The molecular weight excluding hydrogens is 513 g/mol. The van der Waals surface area contributed by atoms with Gasteiger partial charge < -0.3 is 39.5 Å². The van der Waals surface area contributed by atoms with Crippen LogP contribution < -0.4 is 11.0 Å². The number of aliphatic hydroxyl groups excluding tert-OH is 2. The Morgan fingerprint density at radius 2 is 1.84 bits per heavy atom. The van der Waals surface area contributed by atoms with Crippen LogP contribution in [0.5, 0.6) is 0 Å². The smallest absolute Gasteiger partial charge is 0.359 e. The highest BCUT2D eigenvalue weighted by molar-refractivity contribution is 7.54. The minimum Gasteiger partial charge on any atom is -0.461 e. The van der Waals surface area contributed by atoms with Crippen LogP contribution in [0.15, 0.2) is 11.0 Å². The number of hydrogen-bond donors (Lipinski definition) is 5. The summed E-state index contributed by atoms with van der Waals surface area (Å²) in [6, 6.07) is 0. The van der Waals surface area contributed by atoms with Crippen molar-refractivity contribution >= 4 is 25.3 Å². The Bertz CT molecular complexity index is 1110. The van der Waals surface area contributed by atoms with Crippen molar-refractivity contribution in [3.8, 4) is 0 Å². The Hall–Kier alpha value is -2.19. The van der Waals surface area contributed by atoms with Gasteiger partial charge in [0, 0.05) is 32.0 Å². The van der Waals surface area contributed by atoms with E-state index in [0.717, 1.165) is 4.57 Å². The summed E-state index contributed by atoms with van der Waals surface area (Å²) in [5.41, 5.74) is -2.16. The lowest BCUT2D eigenvalue weighted by atomic mass is 9.93. The Balaban J connectivity index is 2.36. The zero-order valence-electron chi connectivity index (χ0n) is 21.7. The molecule has 2 heterocycles. The highest BCUT2D eigenvalue weighted by Crippen LogP contribution is 2.59. The van der Waals surface area contributed by atoms with Crippen LogP contribution in [0.4, 0.5) is 5.82 Å². The summed E-state index contributed by atoms with van der Waals surface area (Å²) in [7, 11) is -4.53. The van der Waals surface area contributed by atoms with Crippen molar-refractivity contribution in [2.75, 3.05) is 5.32 Å². The van der Waals surface area contributed by atoms with Gasteiger partial charge in [0.05, 0.1) is 11.7 Å². The number of amides is 1. The number of carbonyl (C=O) groups is 2. The van der Waals surface area contributed by atoms with E-state index in [1.54, 1.807) is 6.92 Å². The number of aliphatic hydroxyl groups is 3. The Morgan fingerprint density at radius 1 is 1.22 bits per heavy atom. The highest BCUT2D eigenvalue weighted by atomic mass is 31.2. The summed E-state index contributed by atoms with van der Waals surface area (Å²) in [6.07, 6.45) is -4.56. The number of nitrogens with zero attached hydrogens (tertiary/aromatic N) is 2. The Labute approximate surface area is 214 Å². The van der Waals surface area contributed by atoms with Crippen LogP contribution in [0.1, 0.15) is 72.6 Å². The van der Waals surface area contributed by atoms with Gasteiger partial charge in [-0.15, -0.1) is 0 Å². The molecule has 1 aliphatic rings. The van der Waals surface area contributed by atoms with Gasteiger partial charge in [0.15, 0.2) is 11.6 Å². The lowest BCUT2D eigenvalue weighted by molar-refractivity contribution is -0.142. The first-order chi connectivity index (χ1) is 17.0. The number of ether oxygens (including phenoxy) is 2. The molecule has 1 amide bonds. The minimum absolute atomic E-state index is 0.0516. The summed E-state index contributed by atoms with van der Waals surface area (Å²) in [5.74, 6) is -1.29. The fourth-order valence-corrected chi connectivity index (χ4v) is 5.05. The van der Waals surface area contributed by atoms with Crippen molar-refractivity contribution in [2.45, 2.75) is 103 Å². The number of carbonyl (C=O) groups excluding carboxylic acids is 2. The molecule has 1 saturated heterocycles. The zero-order chi connectivity index (χ0) is 28.3. The molecule has 1 fully saturated rings. The van der Waals surface area contributed by atoms with E-state index in [4.69, 9.17) is 14.0 Å². The quantitative estimate of drug-likeness (QED) is 0.192. The molecule has 7 atom stereocenters. The number of rotatable bonds is 11. The molecule has 2 unspecified atom stereocenters. The van der Waals surface area contributed by atoms with E-state index >= 15 is 0 Å². The molecule has 0 aromatic carbocycles. The molecule has 14 nitrogen and oxygen atoms in total. The van der Waals surface area contributed by atoms with Gasteiger partial charge >= 0.3 is 19.3 Å². The van der Waals surface area contributed by atoms with Crippen LogP contribution in [0.25, 0.3) is 0 Å². The first kappa shape index (κ1) is 31.0. The first-order valence-corrected chi connectivity index (χ1v) is 13.3. The van der Waals surface area contributed by atoms with Gasteiger partial charge in [-0.2, -0.15) is 4.98 Å². The molecule has 0 radical (unpaired) electrons. The molecule has 210 valence electrons. The number of aromatic nitrogens is 2. The number of anilines is 1. The molecule has 1 aliphatic heterocycles. The first-order valence-electron chi connectivity index (χ1n) is 11.8. The van der Waals surface area contributed by atoms with Crippen molar-refractivity contribution < 1.29 is 48.4 Å². The highest BCUT2D eigenvalue weighted by Gasteiger charge is 2.50. The second kappa shape index (κ2) is 11.7. The topological polar surface area (TPSA) is 207 Å². The third-order valence-electron chi connectivity index (χ3n) is 6.37. The zero-order valence-corrected chi connectivity index (χ0v) is 22.6. The van der Waals surface area contributed by atoms with E-state index in [1.165, 1.54) is 40.8 Å². The van der Waals surface area contributed by atoms with Crippen molar-refractivity contribution in [1.29, 1.82) is 0 Å². The third-order valence-corrected chi connectivity index (χ3v) is 8.59. The fourth-order valence-electron chi connectivity index (χ4n) is 3.65. The minimum atomic E-state index is -4.53. The van der Waals surface area contributed by atoms with Crippen LogP contribution in [0.2, 0.25) is 0 Å². The van der Waals surface area contributed by atoms with Gasteiger partial charge in [-0.25, -0.2) is 4.79 Å². The summed E-state index contributed by atoms with van der Waals surface area (Å²) in [4.78, 5) is 49.7. The molecule has 0 aliphatic carbocycles. The molecular formula is C22H36N3O11P. The van der Waals surface area contributed by atoms with E-state index < -0.39 is 60.6 Å². The number of nitrogens with one attached hydrogen (secondary N) is 1. The van der Waals surface area contributed by atoms with Gasteiger partial charge in [-0.05, 0) is 26.7 Å². The maximum absolute atomic E-state index is 12.8. The number of esters is 1. The molecule has 2 rings (SSSR count). The standard InChI is InChI=1S/C22H36N3O11P/c1-7-21(5,36-37(32,33)22(6,31)8-2)9-15-16(28)17(29)19(35-15)25-10-14(11-34-13(4)27)18(23-12(3)26)24-20(25)30/h10,15-17,19,28-29,31H,7-9,11H2,1-6H3,(H,32,33)(H,23,24,26,30)/t15-,16-,17-,19-,21?,22-/m1/s1. The van der Waals surface area contributed by atoms with E-state index in [0.29, 0.717) is 0 Å². The van der Waals surface area contributed by atoms with Gasteiger partial charge in [-0.3, -0.25) is 18.7 Å². The van der Waals surface area contributed by atoms with E-state index in [2.05, 4.69) is 10.3 Å². The predicted molar refractivity (Wildman–Crippen MR) is 129 cm³/mol. The third kappa shape index (κ3) is 7.23. The van der Waals surface area contributed by atoms with Crippen LogP contribution in [-0.4, -0.2) is 70.9 Å². The van der Waals surface area contributed by atoms with Crippen molar-refractivity contribution in [3.05, 3.63) is 22.2 Å². The van der Waals surface area contributed by atoms with E-state index in [9.17, 15) is 39.2 Å². The molecule has 0 bridgehead atoms. The molecule has 0 spiro atoms. The predicted octanol–water partition coefficient (Wildman–Crippen LogP) is 0.763. The second-order valence-electron chi connectivity index (χ2n) is 9.50. The molecule has 15 heteroatoms. The average molecular weight is 550 g/mol. The molecule has 37 heavy (non-hydrogen) atoms. The van der Waals surface area contributed by atoms with Gasteiger partial charge in [0.25, 0.3) is 0 Å².